The molecule has 0 spiro atoms. The Morgan fingerprint density at radius 2 is 2.18 bits per heavy atom. The molecular weight excluding hydrogens is 280 g/mol. The average Bonchev–Trinajstić information content (AvgIpc) is 2.89. The normalized spacial score (nSPS) is 18.6. The third-order valence-electron chi connectivity index (χ3n) is 3.44. The maximum Gasteiger partial charge on any atom is 0.229 e. The Hall–Kier alpha value is -2.08. The zero-order chi connectivity index (χ0) is 15.8. The number of aliphatic imine (C=N–C) groups is 1. The van der Waals surface area contributed by atoms with Crippen LogP contribution in [0.2, 0.25) is 0 Å². The molecule has 0 bridgehead atoms. The van der Waals surface area contributed by atoms with Gasteiger partial charge in [-0.25, -0.2) is 0 Å². The SMILES string of the molecule is CCNC(=NCCOC)NC1CC(=O)N(c2ccccc2)C1. The summed E-state index contributed by atoms with van der Waals surface area (Å²) < 4.78 is 5.01. The number of carbonyl (C=O) groups excluding carboxylic acids is 1. The molecule has 1 saturated heterocycles. The summed E-state index contributed by atoms with van der Waals surface area (Å²) in [5, 5.41) is 6.52. The van der Waals surface area contributed by atoms with Crippen LogP contribution in [0.1, 0.15) is 13.3 Å². The largest absolute Gasteiger partial charge is 0.383 e. The number of ether oxygens (including phenoxy) is 1. The van der Waals surface area contributed by atoms with Gasteiger partial charge >= 0.3 is 0 Å². The fourth-order valence-corrected chi connectivity index (χ4v) is 2.42. The van der Waals surface area contributed by atoms with Crippen molar-refractivity contribution < 1.29 is 9.53 Å². The van der Waals surface area contributed by atoms with Crippen LogP contribution in [0, 0.1) is 0 Å². The molecule has 0 aliphatic carbocycles. The van der Waals surface area contributed by atoms with Crippen LogP contribution in [0.5, 0.6) is 0 Å². The lowest BCUT2D eigenvalue weighted by molar-refractivity contribution is -0.117. The van der Waals surface area contributed by atoms with Gasteiger partial charge < -0.3 is 20.3 Å². The van der Waals surface area contributed by atoms with Crippen molar-refractivity contribution in [2.75, 3.05) is 38.3 Å². The summed E-state index contributed by atoms with van der Waals surface area (Å²) in [6.07, 6.45) is 0.476. The van der Waals surface area contributed by atoms with Gasteiger partial charge in [0, 0.05) is 32.3 Å². The van der Waals surface area contributed by atoms with Gasteiger partial charge in [-0.05, 0) is 19.1 Å². The summed E-state index contributed by atoms with van der Waals surface area (Å²) in [4.78, 5) is 18.4. The van der Waals surface area contributed by atoms with E-state index in [-0.39, 0.29) is 11.9 Å². The minimum atomic E-state index is 0.0630. The van der Waals surface area contributed by atoms with Gasteiger partial charge in [-0.3, -0.25) is 9.79 Å². The molecule has 1 aromatic rings. The molecule has 0 aromatic heterocycles. The number of nitrogens with zero attached hydrogens (tertiary/aromatic N) is 2. The van der Waals surface area contributed by atoms with E-state index in [2.05, 4.69) is 15.6 Å². The summed E-state index contributed by atoms with van der Waals surface area (Å²) in [5.41, 5.74) is 0.943. The van der Waals surface area contributed by atoms with Gasteiger partial charge in [-0.15, -0.1) is 0 Å². The van der Waals surface area contributed by atoms with Crippen molar-refractivity contribution in [2.45, 2.75) is 19.4 Å². The molecule has 1 unspecified atom stereocenters. The van der Waals surface area contributed by atoms with Crippen LogP contribution < -0.4 is 15.5 Å². The molecule has 22 heavy (non-hydrogen) atoms. The van der Waals surface area contributed by atoms with Crippen LogP contribution in [-0.4, -0.2) is 51.3 Å². The fourth-order valence-electron chi connectivity index (χ4n) is 2.42. The number of nitrogens with one attached hydrogen (secondary N) is 2. The van der Waals surface area contributed by atoms with E-state index < -0.39 is 0 Å². The average molecular weight is 304 g/mol. The first-order chi connectivity index (χ1) is 10.7. The second-order valence-electron chi connectivity index (χ2n) is 5.14. The zero-order valence-electron chi connectivity index (χ0n) is 13.2. The molecule has 1 heterocycles. The molecule has 2 N–H and O–H groups in total. The number of anilines is 1. The monoisotopic (exact) mass is 304 g/mol. The van der Waals surface area contributed by atoms with Crippen LogP contribution in [0.25, 0.3) is 0 Å². The second kappa shape index (κ2) is 8.38. The number of benzene rings is 1. The lowest BCUT2D eigenvalue weighted by atomic mass is 10.2. The van der Waals surface area contributed by atoms with Crippen LogP contribution >= 0.6 is 0 Å². The van der Waals surface area contributed by atoms with Crippen molar-refractivity contribution in [1.82, 2.24) is 10.6 Å². The van der Waals surface area contributed by atoms with Crippen LogP contribution in [0.4, 0.5) is 5.69 Å². The third-order valence-corrected chi connectivity index (χ3v) is 3.44. The van der Waals surface area contributed by atoms with E-state index in [1.165, 1.54) is 0 Å². The van der Waals surface area contributed by atoms with Crippen molar-refractivity contribution in [1.29, 1.82) is 0 Å². The Bertz CT molecular complexity index is 504. The summed E-state index contributed by atoms with van der Waals surface area (Å²) >= 11 is 0. The van der Waals surface area contributed by atoms with E-state index >= 15 is 0 Å². The second-order valence-corrected chi connectivity index (χ2v) is 5.14. The minimum Gasteiger partial charge on any atom is -0.383 e. The number of amides is 1. The number of methoxy groups -OCH3 is 1. The molecule has 6 heteroatoms. The molecule has 1 aromatic carbocycles. The van der Waals surface area contributed by atoms with Crippen molar-refractivity contribution in [3.05, 3.63) is 30.3 Å². The summed E-state index contributed by atoms with van der Waals surface area (Å²) in [6.45, 7) is 4.62. The molecule has 1 amide bonds. The van der Waals surface area contributed by atoms with E-state index in [1.54, 1.807) is 7.11 Å². The maximum absolute atomic E-state index is 12.2. The number of hydrogen-bond acceptors (Lipinski definition) is 3. The Labute approximate surface area is 131 Å². The molecule has 1 atom stereocenters. The third kappa shape index (κ3) is 4.46. The predicted octanol–water partition coefficient (Wildman–Crippen LogP) is 0.993. The first-order valence-corrected chi connectivity index (χ1v) is 7.63. The molecular formula is C16H24N4O2. The lowest BCUT2D eigenvalue weighted by Crippen LogP contribution is -2.44. The molecule has 2 rings (SSSR count). The highest BCUT2D eigenvalue weighted by molar-refractivity contribution is 5.97. The summed E-state index contributed by atoms with van der Waals surface area (Å²) in [7, 11) is 1.66. The Kier molecular flexibility index (Phi) is 6.21. The molecule has 0 saturated carbocycles. The molecule has 1 aliphatic heterocycles. The first kappa shape index (κ1) is 16.3. The van der Waals surface area contributed by atoms with E-state index in [0.717, 1.165) is 18.2 Å². The van der Waals surface area contributed by atoms with Gasteiger partial charge in [0.25, 0.3) is 0 Å². The Morgan fingerprint density at radius 3 is 2.86 bits per heavy atom. The van der Waals surface area contributed by atoms with Gasteiger partial charge in [-0.2, -0.15) is 0 Å². The Balaban J connectivity index is 1.95. The van der Waals surface area contributed by atoms with E-state index in [0.29, 0.717) is 26.1 Å². The van der Waals surface area contributed by atoms with Crippen molar-refractivity contribution in [3.63, 3.8) is 0 Å². The highest BCUT2D eigenvalue weighted by Gasteiger charge is 2.30. The summed E-state index contributed by atoms with van der Waals surface area (Å²) in [5.74, 6) is 0.865. The minimum absolute atomic E-state index is 0.0630. The quantitative estimate of drug-likeness (QED) is 0.467. The fraction of sp³-hybridized carbons (Fsp3) is 0.500. The number of rotatable bonds is 6. The Morgan fingerprint density at radius 1 is 1.41 bits per heavy atom. The van der Waals surface area contributed by atoms with Gasteiger partial charge in [0.1, 0.15) is 0 Å². The predicted molar refractivity (Wildman–Crippen MR) is 88.2 cm³/mol. The smallest absolute Gasteiger partial charge is 0.229 e. The van der Waals surface area contributed by atoms with E-state index in [9.17, 15) is 4.79 Å². The van der Waals surface area contributed by atoms with Gasteiger partial charge in [0.05, 0.1) is 19.2 Å². The van der Waals surface area contributed by atoms with E-state index in [4.69, 9.17) is 4.74 Å². The topological polar surface area (TPSA) is 66.0 Å². The maximum atomic E-state index is 12.2. The molecule has 6 nitrogen and oxygen atoms in total. The van der Waals surface area contributed by atoms with Crippen LogP contribution in [0.3, 0.4) is 0 Å². The molecule has 0 radical (unpaired) electrons. The van der Waals surface area contributed by atoms with Crippen LogP contribution in [-0.2, 0) is 9.53 Å². The van der Waals surface area contributed by atoms with Gasteiger partial charge in [0.2, 0.25) is 5.91 Å². The van der Waals surface area contributed by atoms with Crippen molar-refractivity contribution in [3.8, 4) is 0 Å². The first-order valence-electron chi connectivity index (χ1n) is 7.63. The highest BCUT2D eigenvalue weighted by atomic mass is 16.5. The number of hydrogen-bond donors (Lipinski definition) is 2. The molecule has 120 valence electrons. The van der Waals surface area contributed by atoms with Crippen LogP contribution in [0.15, 0.2) is 35.3 Å². The lowest BCUT2D eigenvalue weighted by Gasteiger charge is -2.19. The standard InChI is InChI=1S/C16H24N4O2/c1-3-17-16(18-9-10-22-2)19-13-11-15(21)20(12-13)14-7-5-4-6-8-14/h4-8,13H,3,9-12H2,1-2H3,(H2,17,18,19). The highest BCUT2D eigenvalue weighted by Crippen LogP contribution is 2.20. The molecule has 1 aliphatic rings. The van der Waals surface area contributed by atoms with Crippen molar-refractivity contribution in [2.24, 2.45) is 4.99 Å². The van der Waals surface area contributed by atoms with Gasteiger partial charge in [0.15, 0.2) is 5.96 Å². The summed E-state index contributed by atoms with van der Waals surface area (Å²) in [6, 6.07) is 9.81. The van der Waals surface area contributed by atoms with Crippen molar-refractivity contribution >= 4 is 17.6 Å². The number of guanidine groups is 1. The number of carbonyl (C=O) groups is 1. The van der Waals surface area contributed by atoms with E-state index in [1.807, 2.05) is 42.2 Å². The van der Waals surface area contributed by atoms with Gasteiger partial charge in [-0.1, -0.05) is 18.2 Å². The number of para-hydroxylation sites is 1. The molecule has 1 fully saturated rings. The zero-order valence-corrected chi connectivity index (χ0v) is 13.2.